The van der Waals surface area contributed by atoms with Crippen LogP contribution in [0.2, 0.25) is 0 Å². The summed E-state index contributed by atoms with van der Waals surface area (Å²) in [5, 5.41) is 6.46. The van der Waals surface area contributed by atoms with Crippen LogP contribution < -0.4 is 10.1 Å². The molecule has 1 atom stereocenters. The van der Waals surface area contributed by atoms with Gasteiger partial charge in [-0.2, -0.15) is 13.8 Å². The van der Waals surface area contributed by atoms with Crippen LogP contribution in [-0.2, 0) is 11.2 Å². The maximum atomic E-state index is 12.1. The lowest BCUT2D eigenvalue weighted by Gasteiger charge is -2.14. The number of halogens is 2. The van der Waals surface area contributed by atoms with Crippen LogP contribution in [0.1, 0.15) is 36.7 Å². The van der Waals surface area contributed by atoms with E-state index in [4.69, 9.17) is 4.52 Å². The van der Waals surface area contributed by atoms with Crippen molar-refractivity contribution in [2.24, 2.45) is 0 Å². The first-order chi connectivity index (χ1) is 10.9. The minimum Gasteiger partial charge on any atom is -0.435 e. The molecule has 0 fully saturated rings. The molecule has 0 aliphatic carbocycles. The fourth-order valence-electron chi connectivity index (χ4n) is 2.00. The Labute approximate surface area is 131 Å². The monoisotopic (exact) mass is 325 g/mol. The fraction of sp³-hybridized carbons (Fsp3) is 0.400. The number of amides is 1. The van der Waals surface area contributed by atoms with Gasteiger partial charge in [-0.3, -0.25) is 4.79 Å². The van der Waals surface area contributed by atoms with Gasteiger partial charge < -0.3 is 14.6 Å². The van der Waals surface area contributed by atoms with E-state index in [2.05, 4.69) is 20.2 Å². The maximum absolute atomic E-state index is 12.1. The number of carbonyl (C=O) groups excluding carboxylic acids is 1. The van der Waals surface area contributed by atoms with E-state index in [1.807, 2.05) is 0 Å². The number of nitrogens with one attached hydrogen (secondary N) is 1. The Morgan fingerprint density at radius 2 is 2.04 bits per heavy atom. The van der Waals surface area contributed by atoms with Crippen molar-refractivity contribution in [1.82, 2.24) is 15.5 Å². The SMILES string of the molecule is Cc1noc(CCC(=O)NC(C)c2ccc(OC(F)F)cc2)n1. The summed E-state index contributed by atoms with van der Waals surface area (Å²) in [6.45, 7) is 0.653. The van der Waals surface area contributed by atoms with E-state index in [9.17, 15) is 13.6 Å². The topological polar surface area (TPSA) is 77.2 Å². The van der Waals surface area contributed by atoms with Gasteiger partial charge in [0.1, 0.15) is 5.75 Å². The second-order valence-corrected chi connectivity index (χ2v) is 4.97. The zero-order chi connectivity index (χ0) is 16.8. The van der Waals surface area contributed by atoms with Crippen LogP contribution in [-0.4, -0.2) is 22.7 Å². The number of rotatable bonds is 7. The van der Waals surface area contributed by atoms with Crippen LogP contribution in [0.3, 0.4) is 0 Å². The molecule has 1 N–H and O–H groups in total. The first-order valence-electron chi connectivity index (χ1n) is 7.07. The van der Waals surface area contributed by atoms with E-state index in [1.54, 1.807) is 26.0 Å². The Morgan fingerprint density at radius 3 is 2.61 bits per heavy atom. The van der Waals surface area contributed by atoms with Gasteiger partial charge in [0.15, 0.2) is 5.82 Å². The smallest absolute Gasteiger partial charge is 0.387 e. The third-order valence-corrected chi connectivity index (χ3v) is 3.12. The second-order valence-electron chi connectivity index (χ2n) is 4.97. The molecule has 1 aromatic heterocycles. The highest BCUT2D eigenvalue weighted by Gasteiger charge is 2.12. The molecule has 0 spiro atoms. The van der Waals surface area contributed by atoms with Crippen LogP contribution in [0.5, 0.6) is 5.75 Å². The van der Waals surface area contributed by atoms with E-state index in [0.29, 0.717) is 18.1 Å². The average molecular weight is 325 g/mol. The molecule has 6 nitrogen and oxygen atoms in total. The number of aromatic nitrogens is 2. The highest BCUT2D eigenvalue weighted by Crippen LogP contribution is 2.19. The molecule has 0 saturated heterocycles. The Morgan fingerprint density at radius 1 is 1.35 bits per heavy atom. The van der Waals surface area contributed by atoms with Gasteiger partial charge in [0.2, 0.25) is 11.8 Å². The fourth-order valence-corrected chi connectivity index (χ4v) is 2.00. The third kappa shape index (κ3) is 5.32. The van der Waals surface area contributed by atoms with Gasteiger partial charge in [-0.1, -0.05) is 17.3 Å². The van der Waals surface area contributed by atoms with E-state index in [1.165, 1.54) is 12.1 Å². The van der Waals surface area contributed by atoms with Gasteiger partial charge in [-0.15, -0.1) is 0 Å². The lowest BCUT2D eigenvalue weighted by Crippen LogP contribution is -2.26. The number of hydrogen-bond donors (Lipinski definition) is 1. The van der Waals surface area contributed by atoms with Gasteiger partial charge in [0.25, 0.3) is 0 Å². The zero-order valence-electron chi connectivity index (χ0n) is 12.8. The first kappa shape index (κ1) is 16.9. The summed E-state index contributed by atoms with van der Waals surface area (Å²) in [5.74, 6) is 0.856. The van der Waals surface area contributed by atoms with Crippen molar-refractivity contribution in [1.29, 1.82) is 0 Å². The van der Waals surface area contributed by atoms with Gasteiger partial charge in [-0.25, -0.2) is 0 Å². The molecule has 2 rings (SSSR count). The molecule has 23 heavy (non-hydrogen) atoms. The summed E-state index contributed by atoms with van der Waals surface area (Å²) in [6.07, 6.45) is 0.582. The summed E-state index contributed by atoms with van der Waals surface area (Å²) >= 11 is 0. The van der Waals surface area contributed by atoms with Gasteiger partial charge in [0, 0.05) is 12.8 Å². The average Bonchev–Trinajstić information content (AvgIpc) is 2.91. The molecule has 0 saturated carbocycles. The molecule has 0 aliphatic rings. The Hall–Kier alpha value is -2.51. The van der Waals surface area contributed by atoms with Crippen LogP contribution in [0, 0.1) is 6.92 Å². The molecule has 8 heteroatoms. The summed E-state index contributed by atoms with van der Waals surface area (Å²) < 4.78 is 33.4. The Bertz CT molecular complexity index is 644. The normalized spacial score (nSPS) is 12.2. The predicted molar refractivity (Wildman–Crippen MR) is 77.0 cm³/mol. The van der Waals surface area contributed by atoms with Crippen molar-refractivity contribution in [3.63, 3.8) is 0 Å². The Kier molecular flexibility index (Phi) is 5.61. The molecule has 0 radical (unpaired) electrons. The van der Waals surface area contributed by atoms with E-state index in [0.717, 1.165) is 5.56 Å². The Balaban J connectivity index is 1.83. The number of hydrogen-bond acceptors (Lipinski definition) is 5. The van der Waals surface area contributed by atoms with Gasteiger partial charge in [0.05, 0.1) is 6.04 Å². The minimum absolute atomic E-state index is 0.0778. The molecule has 1 heterocycles. The van der Waals surface area contributed by atoms with Crippen molar-refractivity contribution in [3.05, 3.63) is 41.5 Å². The van der Waals surface area contributed by atoms with Gasteiger partial charge >= 0.3 is 6.61 Å². The lowest BCUT2D eigenvalue weighted by atomic mass is 10.1. The number of alkyl halides is 2. The summed E-state index contributed by atoms with van der Waals surface area (Å²) in [6, 6.07) is 5.87. The second kappa shape index (κ2) is 7.66. The molecule has 0 bridgehead atoms. The molecular weight excluding hydrogens is 308 g/mol. The molecule has 124 valence electrons. The summed E-state index contributed by atoms with van der Waals surface area (Å²) in [5.41, 5.74) is 0.786. The van der Waals surface area contributed by atoms with Crippen molar-refractivity contribution < 1.29 is 22.8 Å². The summed E-state index contributed by atoms with van der Waals surface area (Å²) in [4.78, 5) is 15.9. The largest absolute Gasteiger partial charge is 0.435 e. The zero-order valence-corrected chi connectivity index (χ0v) is 12.8. The quantitative estimate of drug-likeness (QED) is 0.847. The maximum Gasteiger partial charge on any atom is 0.387 e. The van der Waals surface area contributed by atoms with Crippen molar-refractivity contribution in [3.8, 4) is 5.75 Å². The molecule has 1 amide bonds. The number of nitrogens with zero attached hydrogens (tertiary/aromatic N) is 2. The molecule has 1 unspecified atom stereocenters. The standard InChI is InChI=1S/C15H17F2N3O3/c1-9(11-3-5-12(6-4-11)22-15(16)17)18-13(21)7-8-14-19-10(2)20-23-14/h3-6,9,15H,7-8H2,1-2H3,(H,18,21). The molecule has 1 aromatic carbocycles. The first-order valence-corrected chi connectivity index (χ1v) is 7.07. The molecule has 0 aliphatic heterocycles. The van der Waals surface area contributed by atoms with Crippen LogP contribution in [0.25, 0.3) is 0 Å². The highest BCUT2D eigenvalue weighted by atomic mass is 19.3. The van der Waals surface area contributed by atoms with Crippen LogP contribution in [0.4, 0.5) is 8.78 Å². The molecule has 2 aromatic rings. The number of ether oxygens (including phenoxy) is 1. The van der Waals surface area contributed by atoms with Crippen molar-refractivity contribution in [2.75, 3.05) is 0 Å². The third-order valence-electron chi connectivity index (χ3n) is 3.12. The van der Waals surface area contributed by atoms with E-state index >= 15 is 0 Å². The number of carbonyl (C=O) groups is 1. The number of aryl methyl sites for hydroxylation is 2. The van der Waals surface area contributed by atoms with E-state index in [-0.39, 0.29) is 24.1 Å². The summed E-state index contributed by atoms with van der Waals surface area (Å²) in [7, 11) is 0. The van der Waals surface area contributed by atoms with Crippen LogP contribution >= 0.6 is 0 Å². The number of benzene rings is 1. The highest BCUT2D eigenvalue weighted by molar-refractivity contribution is 5.76. The van der Waals surface area contributed by atoms with Crippen LogP contribution in [0.15, 0.2) is 28.8 Å². The lowest BCUT2D eigenvalue weighted by molar-refractivity contribution is -0.121. The van der Waals surface area contributed by atoms with Crippen molar-refractivity contribution in [2.45, 2.75) is 39.3 Å². The minimum atomic E-state index is -2.86. The van der Waals surface area contributed by atoms with Gasteiger partial charge in [-0.05, 0) is 31.5 Å². The van der Waals surface area contributed by atoms with Crippen molar-refractivity contribution >= 4 is 5.91 Å². The molecular formula is C15H17F2N3O3. The predicted octanol–water partition coefficient (Wildman–Crippen LogP) is 2.79. The van der Waals surface area contributed by atoms with E-state index < -0.39 is 6.61 Å².